The summed E-state index contributed by atoms with van der Waals surface area (Å²) in [5, 5.41) is 0. The first-order valence-electron chi connectivity index (χ1n) is 26.4. The minimum absolute atomic E-state index is 0.0340. The lowest BCUT2D eigenvalue weighted by molar-refractivity contribution is -0.162. The van der Waals surface area contributed by atoms with Crippen molar-refractivity contribution in [2.75, 3.05) is 19.8 Å². The molecule has 0 rings (SSSR count). The van der Waals surface area contributed by atoms with E-state index in [1.54, 1.807) is 0 Å². The van der Waals surface area contributed by atoms with Gasteiger partial charge in [-0.3, -0.25) is 9.59 Å². The van der Waals surface area contributed by atoms with E-state index >= 15 is 0 Å². The van der Waals surface area contributed by atoms with Crippen LogP contribution in [0.5, 0.6) is 0 Å². The molecule has 5 heteroatoms. The molecule has 0 bridgehead atoms. The van der Waals surface area contributed by atoms with Gasteiger partial charge in [-0.1, -0.05) is 233 Å². The maximum atomic E-state index is 12.8. The summed E-state index contributed by atoms with van der Waals surface area (Å²) in [5.41, 5.74) is 0. The van der Waals surface area contributed by atoms with Crippen LogP contribution in [-0.2, 0) is 23.8 Å². The molecule has 1 unspecified atom stereocenters. The summed E-state index contributed by atoms with van der Waals surface area (Å²) in [4.78, 5) is 25.4. The van der Waals surface area contributed by atoms with E-state index in [9.17, 15) is 9.59 Å². The molecule has 0 N–H and O–H groups in total. The van der Waals surface area contributed by atoms with Gasteiger partial charge in [0.25, 0.3) is 0 Å². The van der Waals surface area contributed by atoms with E-state index in [1.165, 1.54) is 89.9 Å². The number of ether oxygens (including phenoxy) is 3. The van der Waals surface area contributed by atoms with Gasteiger partial charge >= 0.3 is 11.9 Å². The Morgan fingerprint density at radius 3 is 1.19 bits per heavy atom. The predicted octanol–water partition coefficient (Wildman–Crippen LogP) is 18.0. The molecule has 64 heavy (non-hydrogen) atoms. The zero-order chi connectivity index (χ0) is 46.3. The molecule has 364 valence electrons. The minimum Gasteiger partial charge on any atom is -0.462 e. The Bertz CT molecular complexity index is 1280. The van der Waals surface area contributed by atoms with Crippen LogP contribution < -0.4 is 0 Å². The van der Waals surface area contributed by atoms with Crippen LogP contribution in [0.15, 0.2) is 109 Å². The zero-order valence-electron chi connectivity index (χ0n) is 41.8. The number of allylic oxidation sites excluding steroid dienone is 18. The topological polar surface area (TPSA) is 61.8 Å². The van der Waals surface area contributed by atoms with Gasteiger partial charge in [-0.25, -0.2) is 0 Å². The fourth-order valence-corrected chi connectivity index (χ4v) is 6.96. The smallest absolute Gasteiger partial charge is 0.306 e. The first-order valence-corrected chi connectivity index (χ1v) is 26.4. The zero-order valence-corrected chi connectivity index (χ0v) is 41.8. The highest BCUT2D eigenvalue weighted by molar-refractivity contribution is 5.70. The van der Waals surface area contributed by atoms with Crippen LogP contribution >= 0.6 is 0 Å². The Labute approximate surface area is 395 Å². The number of unbranched alkanes of at least 4 members (excludes halogenated alkanes) is 18. The van der Waals surface area contributed by atoms with Gasteiger partial charge in [-0.2, -0.15) is 0 Å². The highest BCUT2D eigenvalue weighted by Gasteiger charge is 2.17. The van der Waals surface area contributed by atoms with E-state index in [1.807, 2.05) is 6.08 Å². The van der Waals surface area contributed by atoms with Gasteiger partial charge in [0, 0.05) is 19.4 Å². The van der Waals surface area contributed by atoms with E-state index in [2.05, 4.69) is 124 Å². The molecule has 0 aromatic heterocycles. The third-order valence-electron chi connectivity index (χ3n) is 10.8. The number of rotatable bonds is 47. The Balaban J connectivity index is 4.42. The van der Waals surface area contributed by atoms with Crippen LogP contribution in [0, 0.1) is 0 Å². The van der Waals surface area contributed by atoms with Gasteiger partial charge in [-0.05, 0) is 89.9 Å². The molecule has 0 fully saturated rings. The van der Waals surface area contributed by atoms with E-state index in [0.717, 1.165) is 96.3 Å². The van der Waals surface area contributed by atoms with Gasteiger partial charge in [-0.15, -0.1) is 0 Å². The summed E-state index contributed by atoms with van der Waals surface area (Å²) in [6.45, 7) is 7.51. The van der Waals surface area contributed by atoms with Crippen molar-refractivity contribution >= 4 is 11.9 Å². The van der Waals surface area contributed by atoms with Crippen LogP contribution in [0.4, 0.5) is 0 Å². The Morgan fingerprint density at radius 2 is 0.734 bits per heavy atom. The van der Waals surface area contributed by atoms with Crippen molar-refractivity contribution in [2.45, 2.75) is 232 Å². The maximum Gasteiger partial charge on any atom is 0.306 e. The quantitative estimate of drug-likeness (QED) is 0.0346. The number of carbonyl (C=O) groups is 2. The molecule has 0 heterocycles. The van der Waals surface area contributed by atoms with Crippen LogP contribution in [0.25, 0.3) is 0 Å². The predicted molar refractivity (Wildman–Crippen MR) is 279 cm³/mol. The van der Waals surface area contributed by atoms with Crippen molar-refractivity contribution in [3.8, 4) is 0 Å². The summed E-state index contributed by atoms with van der Waals surface area (Å²) >= 11 is 0. The first kappa shape index (κ1) is 60.6. The highest BCUT2D eigenvalue weighted by atomic mass is 16.6. The molecular weight excluding hydrogens is 789 g/mol. The number of hydrogen-bond donors (Lipinski definition) is 0. The second-order valence-electron chi connectivity index (χ2n) is 17.0. The summed E-state index contributed by atoms with van der Waals surface area (Å²) in [6, 6.07) is 0. The van der Waals surface area contributed by atoms with E-state index in [0.29, 0.717) is 25.9 Å². The highest BCUT2D eigenvalue weighted by Crippen LogP contribution is 2.14. The lowest BCUT2D eigenvalue weighted by Crippen LogP contribution is -2.30. The normalized spacial score (nSPS) is 13.1. The van der Waals surface area contributed by atoms with Crippen LogP contribution in [0.3, 0.4) is 0 Å². The Morgan fingerprint density at radius 1 is 0.359 bits per heavy atom. The molecule has 0 aliphatic carbocycles. The van der Waals surface area contributed by atoms with Gasteiger partial charge in [0.1, 0.15) is 6.61 Å². The molecule has 0 aromatic rings. The van der Waals surface area contributed by atoms with E-state index in [4.69, 9.17) is 14.2 Å². The minimum atomic E-state index is -0.580. The molecular formula is C59H98O5. The summed E-state index contributed by atoms with van der Waals surface area (Å²) < 4.78 is 17.3. The lowest BCUT2D eigenvalue weighted by Gasteiger charge is -2.18. The largest absolute Gasteiger partial charge is 0.462 e. The molecule has 0 spiro atoms. The summed E-state index contributed by atoms with van der Waals surface area (Å²) in [7, 11) is 0. The van der Waals surface area contributed by atoms with Crippen molar-refractivity contribution in [2.24, 2.45) is 0 Å². The van der Waals surface area contributed by atoms with Crippen LogP contribution in [-0.4, -0.2) is 37.9 Å². The molecule has 1 atom stereocenters. The maximum absolute atomic E-state index is 12.8. The number of esters is 2. The van der Waals surface area contributed by atoms with Crippen LogP contribution in [0.2, 0.25) is 0 Å². The lowest BCUT2D eigenvalue weighted by atomic mass is 10.0. The molecule has 0 saturated carbocycles. The number of carbonyl (C=O) groups excluding carboxylic acids is 2. The van der Waals surface area contributed by atoms with Crippen molar-refractivity contribution in [1.82, 2.24) is 0 Å². The summed E-state index contributed by atoms with van der Waals surface area (Å²) in [5.74, 6) is -0.515. The number of hydrogen-bond acceptors (Lipinski definition) is 5. The fourth-order valence-electron chi connectivity index (χ4n) is 6.96. The van der Waals surface area contributed by atoms with Gasteiger partial charge in [0.05, 0.1) is 6.61 Å². The molecule has 5 nitrogen and oxygen atoms in total. The standard InChI is InChI=1S/C59H98O5/c1-4-7-10-13-16-19-22-25-28-29-30-31-33-34-37-40-43-46-49-52-58(60)63-56-57(55-62-54-51-48-45-42-39-36-27-24-21-18-15-12-9-6-3)64-59(61)53-50-47-44-41-38-35-32-26-23-20-17-14-11-8-5-2/h7-8,10-11,16-17,19-20,25-26,28,30-32,34,37,43,46,57H,4-6,9,12-15,18,21-24,27,29,33,35-36,38-42,44-45,47-56H2,1-3H3/b10-7-,11-8-,19-16-,20-17-,28-25-,31-30-,32-26-,37-34-,46-43-. The molecule has 0 aromatic carbocycles. The Hall–Kier alpha value is -3.44. The molecule has 0 aliphatic heterocycles. The van der Waals surface area contributed by atoms with Gasteiger partial charge in [0.2, 0.25) is 0 Å². The molecule has 0 amide bonds. The molecule has 0 saturated heterocycles. The average Bonchev–Trinajstić information content (AvgIpc) is 3.30. The van der Waals surface area contributed by atoms with E-state index < -0.39 is 6.10 Å². The van der Waals surface area contributed by atoms with Crippen molar-refractivity contribution in [3.63, 3.8) is 0 Å². The third kappa shape index (κ3) is 51.2. The van der Waals surface area contributed by atoms with Crippen molar-refractivity contribution < 1.29 is 23.8 Å². The molecule has 0 aliphatic rings. The summed E-state index contributed by atoms with van der Waals surface area (Å²) in [6.07, 6.45) is 73.9. The van der Waals surface area contributed by atoms with E-state index in [-0.39, 0.29) is 25.2 Å². The second kappa shape index (κ2) is 53.9. The molecule has 0 radical (unpaired) electrons. The monoisotopic (exact) mass is 887 g/mol. The Kier molecular flexibility index (Phi) is 51.0. The second-order valence-corrected chi connectivity index (χ2v) is 17.0. The third-order valence-corrected chi connectivity index (χ3v) is 10.8. The first-order chi connectivity index (χ1) is 31.6. The van der Waals surface area contributed by atoms with Crippen molar-refractivity contribution in [1.29, 1.82) is 0 Å². The van der Waals surface area contributed by atoms with Crippen molar-refractivity contribution in [3.05, 3.63) is 109 Å². The van der Waals surface area contributed by atoms with Crippen LogP contribution in [0.1, 0.15) is 226 Å². The van der Waals surface area contributed by atoms with Gasteiger partial charge < -0.3 is 14.2 Å². The average molecular weight is 887 g/mol. The SMILES string of the molecule is CC/C=C\C/C=C\C/C=C\C/C=C\C/C=C\C/C=C\CCC(=O)OCC(COCCCCCCCCCCCCCCCC)OC(=O)CCCCCCC/C=C\C/C=C\C/C=C\CC. The fraction of sp³-hybridized carbons (Fsp3) is 0.661. The van der Waals surface area contributed by atoms with Gasteiger partial charge in [0.15, 0.2) is 6.10 Å².